The molecule has 5 unspecified atom stereocenters. The summed E-state index contributed by atoms with van der Waals surface area (Å²) in [5.74, 6) is -0.843. The van der Waals surface area contributed by atoms with Gasteiger partial charge < -0.3 is 34.5 Å². The van der Waals surface area contributed by atoms with Crippen LogP contribution in [0.4, 0.5) is 4.79 Å². The minimum Gasteiger partial charge on any atom is -0.497 e. The van der Waals surface area contributed by atoms with E-state index < -0.39 is 53.2 Å². The predicted octanol–water partition coefficient (Wildman–Crippen LogP) is 4.30. The predicted molar refractivity (Wildman–Crippen MR) is 174 cm³/mol. The van der Waals surface area contributed by atoms with Crippen molar-refractivity contribution in [3.05, 3.63) is 43.1 Å². The van der Waals surface area contributed by atoms with E-state index in [1.165, 1.54) is 12.0 Å². The molecule has 5 rings (SSSR count). The van der Waals surface area contributed by atoms with Gasteiger partial charge in [0.25, 0.3) is 0 Å². The Hall–Kier alpha value is -4.35. The van der Waals surface area contributed by atoms with Gasteiger partial charge in [0.2, 0.25) is 17.7 Å². The lowest BCUT2D eigenvalue weighted by molar-refractivity contribution is -0.148. The summed E-state index contributed by atoms with van der Waals surface area (Å²) in [6.07, 6.45) is 6.88. The molecule has 1 aromatic carbocycles. The molecule has 1 saturated heterocycles. The average Bonchev–Trinajstić information content (AvgIpc) is 3.60. The number of amides is 3. The molecule has 254 valence electrons. The number of fused-ring (bicyclic) bond motifs is 1. The van der Waals surface area contributed by atoms with Gasteiger partial charge in [-0.3, -0.25) is 9.59 Å². The number of nitrogens with one attached hydrogen (secondary N) is 2. The van der Waals surface area contributed by atoms with Crippen LogP contribution in [0, 0.1) is 11.8 Å². The first-order valence-corrected chi connectivity index (χ1v) is 16.3. The van der Waals surface area contributed by atoms with Crippen LogP contribution in [-0.4, -0.2) is 83.9 Å². The molecular formula is C35H46N4O8. The fourth-order valence-corrected chi connectivity index (χ4v) is 6.83. The van der Waals surface area contributed by atoms with Crippen LogP contribution in [-0.2, 0) is 23.9 Å². The number of hydrogen-bond donors (Lipinski definition) is 2. The number of benzene rings is 1. The summed E-state index contributed by atoms with van der Waals surface area (Å²) in [6.45, 7) is 9.14. The van der Waals surface area contributed by atoms with Gasteiger partial charge >= 0.3 is 12.1 Å². The molecule has 5 atom stereocenters. The van der Waals surface area contributed by atoms with Crippen molar-refractivity contribution in [1.82, 2.24) is 20.5 Å². The van der Waals surface area contributed by atoms with E-state index in [1.54, 1.807) is 40.2 Å². The molecule has 0 spiro atoms. The highest BCUT2D eigenvalue weighted by molar-refractivity contribution is 5.96. The summed E-state index contributed by atoms with van der Waals surface area (Å²) in [7, 11) is 2.87. The van der Waals surface area contributed by atoms with Crippen LogP contribution in [0.1, 0.15) is 65.7 Å². The maximum Gasteiger partial charge on any atom is 0.408 e. The van der Waals surface area contributed by atoms with Crippen molar-refractivity contribution in [2.75, 3.05) is 20.8 Å². The summed E-state index contributed by atoms with van der Waals surface area (Å²) in [4.78, 5) is 60.3. The first-order valence-electron chi connectivity index (χ1n) is 16.3. The van der Waals surface area contributed by atoms with Gasteiger partial charge in [0, 0.05) is 23.9 Å². The Morgan fingerprint density at radius 2 is 1.85 bits per heavy atom. The fourth-order valence-electron chi connectivity index (χ4n) is 6.83. The molecule has 3 aliphatic rings. The Morgan fingerprint density at radius 3 is 2.49 bits per heavy atom. The average molecular weight is 651 g/mol. The summed E-state index contributed by atoms with van der Waals surface area (Å²) >= 11 is 0. The topological polar surface area (TPSA) is 145 Å². The van der Waals surface area contributed by atoms with Crippen LogP contribution in [0.15, 0.2) is 43.1 Å². The van der Waals surface area contributed by atoms with Crippen LogP contribution < -0.4 is 20.1 Å². The summed E-state index contributed by atoms with van der Waals surface area (Å²) in [5.41, 5.74) is -2.00. The Bertz CT molecular complexity index is 1520. The Labute approximate surface area is 275 Å². The number of nitrogens with zero attached hydrogens (tertiary/aromatic N) is 2. The molecule has 0 radical (unpaired) electrons. The van der Waals surface area contributed by atoms with Crippen molar-refractivity contribution in [2.45, 2.75) is 95.0 Å². The van der Waals surface area contributed by atoms with Gasteiger partial charge in [-0.1, -0.05) is 25.3 Å². The van der Waals surface area contributed by atoms with E-state index in [0.717, 1.165) is 42.9 Å². The standard InChI is InChI=1S/C35H46N4O8/c1-7-23-19-35(23,32(42)45-6)38-29(40)27-18-25(46-30-26-14-13-24(44-5)17-22(26)15-16-36-30)20-39(27)31(41)28(21-11-9-8-10-12-21)37-33(43)47-34(2,3)4/h7,13-17,21,23,25,27-28H,1,8-12,18-20H2,2-6H3,(H,37,43)(H,38,40). The third-order valence-electron chi connectivity index (χ3n) is 9.32. The number of ether oxygens (including phenoxy) is 4. The molecule has 12 nitrogen and oxygen atoms in total. The molecule has 2 heterocycles. The lowest BCUT2D eigenvalue weighted by Gasteiger charge is -2.35. The van der Waals surface area contributed by atoms with Crippen molar-refractivity contribution in [3.8, 4) is 11.6 Å². The zero-order valence-corrected chi connectivity index (χ0v) is 27.9. The van der Waals surface area contributed by atoms with Gasteiger partial charge in [-0.25, -0.2) is 14.6 Å². The van der Waals surface area contributed by atoms with Gasteiger partial charge in [0.1, 0.15) is 35.1 Å². The van der Waals surface area contributed by atoms with Crippen molar-refractivity contribution in [1.29, 1.82) is 0 Å². The van der Waals surface area contributed by atoms with E-state index in [-0.39, 0.29) is 24.8 Å². The molecule has 1 aromatic heterocycles. The number of aromatic nitrogens is 1. The van der Waals surface area contributed by atoms with E-state index >= 15 is 0 Å². The maximum absolute atomic E-state index is 14.5. The third kappa shape index (κ3) is 7.47. The normalized spacial score (nSPS) is 25.0. The first-order chi connectivity index (χ1) is 22.4. The molecule has 0 bridgehead atoms. The molecule has 2 aromatic rings. The van der Waals surface area contributed by atoms with Crippen LogP contribution in [0.25, 0.3) is 10.8 Å². The number of hydrogen-bond acceptors (Lipinski definition) is 9. The van der Waals surface area contributed by atoms with Gasteiger partial charge in [0.05, 0.1) is 20.8 Å². The summed E-state index contributed by atoms with van der Waals surface area (Å²) in [6, 6.07) is 5.50. The number of rotatable bonds is 10. The molecule has 1 aliphatic heterocycles. The van der Waals surface area contributed by atoms with Gasteiger partial charge in [-0.15, -0.1) is 6.58 Å². The summed E-state index contributed by atoms with van der Waals surface area (Å²) in [5, 5.41) is 7.34. The largest absolute Gasteiger partial charge is 0.497 e. The number of alkyl carbamates (subject to hydrolysis) is 1. The van der Waals surface area contributed by atoms with Crippen LogP contribution in [0.2, 0.25) is 0 Å². The van der Waals surface area contributed by atoms with E-state index in [9.17, 15) is 19.2 Å². The minimum atomic E-state index is -1.24. The second-order valence-corrected chi connectivity index (χ2v) is 13.7. The van der Waals surface area contributed by atoms with Crippen molar-refractivity contribution >= 4 is 34.6 Å². The number of methoxy groups -OCH3 is 2. The second-order valence-electron chi connectivity index (χ2n) is 13.7. The molecule has 12 heteroatoms. The number of carbonyl (C=O) groups excluding carboxylic acids is 4. The molecule has 2 N–H and O–H groups in total. The zero-order valence-electron chi connectivity index (χ0n) is 27.9. The van der Waals surface area contributed by atoms with Crippen molar-refractivity contribution in [2.24, 2.45) is 11.8 Å². The molecule has 2 aliphatic carbocycles. The zero-order chi connectivity index (χ0) is 33.9. The van der Waals surface area contributed by atoms with Crippen LogP contribution >= 0.6 is 0 Å². The highest BCUT2D eigenvalue weighted by Crippen LogP contribution is 2.45. The highest BCUT2D eigenvalue weighted by Gasteiger charge is 2.62. The minimum absolute atomic E-state index is 0.0699. The number of pyridine rings is 1. The highest BCUT2D eigenvalue weighted by atomic mass is 16.6. The molecule has 3 amide bonds. The number of esters is 1. The molecule has 47 heavy (non-hydrogen) atoms. The van der Waals surface area contributed by atoms with Crippen molar-refractivity contribution < 1.29 is 38.1 Å². The Kier molecular flexibility index (Phi) is 9.97. The Morgan fingerprint density at radius 1 is 1.11 bits per heavy atom. The van der Waals surface area contributed by atoms with Gasteiger partial charge in [-0.2, -0.15) is 0 Å². The van der Waals surface area contributed by atoms with E-state index in [4.69, 9.17) is 18.9 Å². The van der Waals surface area contributed by atoms with Crippen molar-refractivity contribution in [3.63, 3.8) is 0 Å². The number of likely N-dealkylation sites (tertiary alicyclic amines) is 1. The van der Waals surface area contributed by atoms with E-state index in [2.05, 4.69) is 22.2 Å². The van der Waals surface area contributed by atoms with Gasteiger partial charge in [0.15, 0.2) is 0 Å². The maximum atomic E-state index is 14.5. The van der Waals surface area contributed by atoms with E-state index in [0.29, 0.717) is 18.1 Å². The SMILES string of the molecule is C=CC1CC1(NC(=O)C1CC(Oc2nccc3cc(OC)ccc23)CN1C(=O)C(NC(=O)OC(C)(C)C)C1CCCCC1)C(=O)OC. The quantitative estimate of drug-likeness (QED) is 0.284. The second kappa shape index (κ2) is 13.8. The van der Waals surface area contributed by atoms with Crippen LogP contribution in [0.5, 0.6) is 11.6 Å². The molecular weight excluding hydrogens is 604 g/mol. The molecule has 2 saturated carbocycles. The first kappa shape index (κ1) is 34.0. The smallest absolute Gasteiger partial charge is 0.408 e. The Balaban J connectivity index is 1.45. The van der Waals surface area contributed by atoms with Crippen LogP contribution in [0.3, 0.4) is 0 Å². The number of carbonyl (C=O) groups is 4. The monoisotopic (exact) mass is 650 g/mol. The molecule has 3 fully saturated rings. The lowest BCUT2D eigenvalue weighted by Crippen LogP contribution is -2.58. The van der Waals surface area contributed by atoms with E-state index in [1.807, 2.05) is 24.3 Å². The van der Waals surface area contributed by atoms with Gasteiger partial charge in [-0.05, 0) is 75.6 Å². The third-order valence-corrected chi connectivity index (χ3v) is 9.32. The summed E-state index contributed by atoms with van der Waals surface area (Å²) < 4.78 is 22.3. The lowest BCUT2D eigenvalue weighted by atomic mass is 9.83. The fraction of sp³-hybridized carbons (Fsp3) is 0.571.